The Bertz CT molecular complexity index is 1210. The summed E-state index contributed by atoms with van der Waals surface area (Å²) in [4.78, 5) is 25.3. The topological polar surface area (TPSA) is 79.8 Å². The second kappa shape index (κ2) is 12.6. The first-order chi connectivity index (χ1) is 16.7. The van der Waals surface area contributed by atoms with Crippen molar-refractivity contribution in [3.63, 3.8) is 0 Å². The van der Waals surface area contributed by atoms with Crippen LogP contribution in [0.1, 0.15) is 35.3 Å². The summed E-state index contributed by atoms with van der Waals surface area (Å²) in [5, 5.41) is 8.42. The third-order valence-electron chi connectivity index (χ3n) is 4.98. The van der Waals surface area contributed by atoms with Gasteiger partial charge in [0.15, 0.2) is 0 Å². The normalized spacial score (nSPS) is 11.9. The maximum Gasteiger partial charge on any atom is 0.262 e. The lowest BCUT2D eigenvalue weighted by atomic mass is 10.0. The standard InChI is InChI=1S/C26H24Cl3N3O3/c1-16(2)24(31-25(33)18-6-8-20(27)9-7-18)26(34)32-30-14-19-13-22(29)10-11-23(19)35-15-17-4-3-5-21(28)12-17/h3-14,16,24H,15H2,1-2H3,(H,31,33)(H,32,34)/b30-14-. The molecule has 0 fully saturated rings. The van der Waals surface area contributed by atoms with Crippen molar-refractivity contribution in [3.8, 4) is 5.75 Å². The molecule has 2 amide bonds. The fourth-order valence-corrected chi connectivity index (χ4v) is 3.65. The minimum atomic E-state index is -0.798. The summed E-state index contributed by atoms with van der Waals surface area (Å²) < 4.78 is 5.90. The Morgan fingerprint density at radius 2 is 1.63 bits per heavy atom. The van der Waals surface area contributed by atoms with Crippen molar-refractivity contribution in [2.75, 3.05) is 0 Å². The van der Waals surface area contributed by atoms with Crippen molar-refractivity contribution >= 4 is 52.8 Å². The molecule has 0 bridgehead atoms. The first-order valence-corrected chi connectivity index (χ1v) is 11.9. The average molecular weight is 533 g/mol. The highest BCUT2D eigenvalue weighted by atomic mass is 35.5. The van der Waals surface area contributed by atoms with Crippen LogP contribution in [0.15, 0.2) is 71.8 Å². The van der Waals surface area contributed by atoms with Crippen molar-refractivity contribution in [3.05, 3.63) is 98.5 Å². The van der Waals surface area contributed by atoms with Crippen LogP contribution in [0.5, 0.6) is 5.75 Å². The fraction of sp³-hybridized carbons (Fsp3) is 0.192. The van der Waals surface area contributed by atoms with Crippen molar-refractivity contribution in [2.45, 2.75) is 26.5 Å². The Kier molecular flexibility index (Phi) is 9.55. The van der Waals surface area contributed by atoms with E-state index in [1.54, 1.807) is 48.5 Å². The maximum atomic E-state index is 12.8. The lowest BCUT2D eigenvalue weighted by Gasteiger charge is -2.20. The Balaban J connectivity index is 1.66. The molecule has 0 aromatic heterocycles. The van der Waals surface area contributed by atoms with Gasteiger partial charge in [-0.25, -0.2) is 5.43 Å². The molecule has 0 spiro atoms. The molecule has 9 heteroatoms. The summed E-state index contributed by atoms with van der Waals surface area (Å²) in [5.41, 5.74) is 4.36. The van der Waals surface area contributed by atoms with Gasteiger partial charge >= 0.3 is 0 Å². The highest BCUT2D eigenvalue weighted by Crippen LogP contribution is 2.23. The Hall–Kier alpha value is -3.06. The van der Waals surface area contributed by atoms with Gasteiger partial charge in [0.2, 0.25) is 0 Å². The summed E-state index contributed by atoms with van der Waals surface area (Å²) in [6, 6.07) is 18.1. The van der Waals surface area contributed by atoms with Crippen LogP contribution in [0.2, 0.25) is 15.1 Å². The molecule has 0 saturated carbocycles. The van der Waals surface area contributed by atoms with E-state index in [1.165, 1.54) is 6.21 Å². The van der Waals surface area contributed by atoms with Crippen molar-refractivity contribution in [2.24, 2.45) is 11.0 Å². The number of halogens is 3. The van der Waals surface area contributed by atoms with Gasteiger partial charge in [0, 0.05) is 26.2 Å². The Morgan fingerprint density at radius 1 is 0.943 bits per heavy atom. The first kappa shape index (κ1) is 26.5. The second-order valence-electron chi connectivity index (χ2n) is 8.04. The zero-order valence-corrected chi connectivity index (χ0v) is 21.4. The monoisotopic (exact) mass is 531 g/mol. The largest absolute Gasteiger partial charge is 0.488 e. The smallest absolute Gasteiger partial charge is 0.262 e. The molecule has 182 valence electrons. The van der Waals surface area contributed by atoms with Crippen LogP contribution in [0, 0.1) is 5.92 Å². The molecule has 0 aliphatic heterocycles. The van der Waals surface area contributed by atoms with Crippen LogP contribution >= 0.6 is 34.8 Å². The molecule has 3 aromatic rings. The molecule has 0 saturated heterocycles. The molecule has 2 N–H and O–H groups in total. The van der Waals surface area contributed by atoms with Crippen molar-refractivity contribution in [1.82, 2.24) is 10.7 Å². The van der Waals surface area contributed by atoms with Crippen LogP contribution in [-0.2, 0) is 11.4 Å². The van der Waals surface area contributed by atoms with Crippen molar-refractivity contribution < 1.29 is 14.3 Å². The van der Waals surface area contributed by atoms with Gasteiger partial charge in [-0.15, -0.1) is 0 Å². The van der Waals surface area contributed by atoms with Crippen LogP contribution in [0.25, 0.3) is 0 Å². The van der Waals surface area contributed by atoms with Gasteiger partial charge in [0.05, 0.1) is 6.21 Å². The molecule has 0 radical (unpaired) electrons. The lowest BCUT2D eigenvalue weighted by molar-refractivity contribution is -0.123. The SMILES string of the molecule is CC(C)C(NC(=O)c1ccc(Cl)cc1)C(=O)N/N=C\c1cc(Cl)ccc1OCc1cccc(Cl)c1. The number of amides is 2. The lowest BCUT2D eigenvalue weighted by Crippen LogP contribution is -2.48. The zero-order chi connectivity index (χ0) is 25.4. The quantitative estimate of drug-likeness (QED) is 0.257. The van der Waals surface area contributed by atoms with Crippen LogP contribution in [0.3, 0.4) is 0 Å². The number of rotatable bonds is 9. The number of nitrogens with zero attached hydrogens (tertiary/aromatic N) is 1. The number of carbonyl (C=O) groups is 2. The van der Waals surface area contributed by atoms with E-state index in [4.69, 9.17) is 39.5 Å². The molecule has 1 atom stereocenters. The van der Waals surface area contributed by atoms with Crippen LogP contribution in [-0.4, -0.2) is 24.1 Å². The molecule has 0 aliphatic carbocycles. The zero-order valence-electron chi connectivity index (χ0n) is 19.1. The molecule has 0 heterocycles. The maximum absolute atomic E-state index is 12.8. The fourth-order valence-electron chi connectivity index (χ4n) is 3.14. The number of hydrogen-bond acceptors (Lipinski definition) is 4. The number of ether oxygens (including phenoxy) is 1. The van der Waals surface area contributed by atoms with Gasteiger partial charge in [-0.05, 0) is 66.1 Å². The summed E-state index contributed by atoms with van der Waals surface area (Å²) in [6.45, 7) is 3.95. The predicted molar refractivity (Wildman–Crippen MR) is 141 cm³/mol. The molecular weight excluding hydrogens is 509 g/mol. The first-order valence-electron chi connectivity index (χ1n) is 10.8. The minimum absolute atomic E-state index is 0.177. The molecule has 35 heavy (non-hydrogen) atoms. The highest BCUT2D eigenvalue weighted by Gasteiger charge is 2.24. The van der Waals surface area contributed by atoms with Gasteiger partial charge < -0.3 is 10.1 Å². The van der Waals surface area contributed by atoms with Gasteiger partial charge in [0.1, 0.15) is 18.4 Å². The van der Waals surface area contributed by atoms with Gasteiger partial charge in [-0.2, -0.15) is 5.10 Å². The number of carbonyl (C=O) groups excluding carboxylic acids is 2. The third kappa shape index (κ3) is 7.99. The summed E-state index contributed by atoms with van der Waals surface area (Å²) in [7, 11) is 0. The van der Waals surface area contributed by atoms with Gasteiger partial charge in [-0.1, -0.05) is 60.8 Å². The van der Waals surface area contributed by atoms with E-state index in [2.05, 4.69) is 15.8 Å². The molecule has 3 rings (SSSR count). The van der Waals surface area contributed by atoms with Crippen LogP contribution < -0.4 is 15.5 Å². The van der Waals surface area contributed by atoms with Crippen molar-refractivity contribution in [1.29, 1.82) is 0 Å². The van der Waals surface area contributed by atoms with E-state index < -0.39 is 11.9 Å². The highest BCUT2D eigenvalue weighted by molar-refractivity contribution is 6.31. The summed E-state index contributed by atoms with van der Waals surface area (Å²) in [5.74, 6) is -0.485. The Labute approximate surface area is 219 Å². The molecular formula is C26H24Cl3N3O3. The van der Waals surface area contributed by atoms with E-state index in [9.17, 15) is 9.59 Å². The number of benzene rings is 3. The second-order valence-corrected chi connectivity index (χ2v) is 9.35. The predicted octanol–water partition coefficient (Wildman–Crippen LogP) is 6.13. The van der Waals surface area contributed by atoms with Gasteiger partial charge in [0.25, 0.3) is 11.8 Å². The Morgan fingerprint density at radius 3 is 2.31 bits per heavy atom. The van der Waals surface area contributed by atoms with E-state index >= 15 is 0 Å². The number of hydrazone groups is 1. The number of nitrogens with one attached hydrogen (secondary N) is 2. The summed E-state index contributed by atoms with van der Waals surface area (Å²) >= 11 is 18.0. The minimum Gasteiger partial charge on any atom is -0.488 e. The average Bonchev–Trinajstić information content (AvgIpc) is 2.82. The molecule has 6 nitrogen and oxygen atoms in total. The summed E-state index contributed by atoms with van der Waals surface area (Å²) in [6.07, 6.45) is 1.44. The van der Waals surface area contributed by atoms with Crippen LogP contribution in [0.4, 0.5) is 0 Å². The van der Waals surface area contributed by atoms with E-state index in [0.717, 1.165) is 5.56 Å². The molecule has 3 aromatic carbocycles. The van der Waals surface area contributed by atoms with E-state index in [1.807, 2.05) is 32.0 Å². The number of hydrogen-bond donors (Lipinski definition) is 2. The third-order valence-corrected chi connectivity index (χ3v) is 5.70. The van der Waals surface area contributed by atoms with E-state index in [-0.39, 0.29) is 11.8 Å². The van der Waals surface area contributed by atoms with Gasteiger partial charge in [-0.3, -0.25) is 9.59 Å². The molecule has 1 unspecified atom stereocenters. The molecule has 0 aliphatic rings. The van der Waals surface area contributed by atoms with E-state index in [0.29, 0.717) is 38.6 Å².